The molecule has 1 N–H and O–H groups in total. The third-order valence-corrected chi connectivity index (χ3v) is 5.33. The summed E-state index contributed by atoms with van der Waals surface area (Å²) in [6.45, 7) is 1.51. The second-order valence-corrected chi connectivity index (χ2v) is 7.91. The Hall–Kier alpha value is -2.61. The molecule has 1 aliphatic carbocycles. The standard InChI is InChI=1S/C22H22F4N2O2/c23-20-9-19(30-13-14-2-1-3-17(8-14)22(24,25)26)7-4-15(20)10-28-11-16(12-28)21(29)27-18-5-6-18/h1-4,7-9,16,18H,5-6,10-13H2,(H,27,29). The Morgan fingerprint density at radius 3 is 2.57 bits per heavy atom. The number of benzene rings is 2. The van der Waals surface area contributed by atoms with E-state index in [-0.39, 0.29) is 24.2 Å². The number of nitrogens with zero attached hydrogens (tertiary/aromatic N) is 1. The van der Waals surface area contributed by atoms with Gasteiger partial charge in [0.2, 0.25) is 5.91 Å². The number of hydrogen-bond donors (Lipinski definition) is 1. The molecule has 0 atom stereocenters. The van der Waals surface area contributed by atoms with Crippen LogP contribution in [0.2, 0.25) is 0 Å². The summed E-state index contributed by atoms with van der Waals surface area (Å²) >= 11 is 0. The van der Waals surface area contributed by atoms with Gasteiger partial charge in [0.15, 0.2) is 0 Å². The van der Waals surface area contributed by atoms with Gasteiger partial charge in [-0.1, -0.05) is 18.2 Å². The number of carbonyl (C=O) groups excluding carboxylic acids is 1. The van der Waals surface area contributed by atoms with Crippen molar-refractivity contribution in [2.75, 3.05) is 13.1 Å². The minimum absolute atomic E-state index is 0.0382. The second kappa shape index (κ2) is 8.26. The van der Waals surface area contributed by atoms with Crippen LogP contribution < -0.4 is 10.1 Å². The molecule has 0 bridgehead atoms. The number of rotatable bonds is 7. The minimum atomic E-state index is -4.42. The highest BCUT2D eigenvalue weighted by atomic mass is 19.4. The highest BCUT2D eigenvalue weighted by molar-refractivity contribution is 5.80. The van der Waals surface area contributed by atoms with E-state index < -0.39 is 17.6 Å². The van der Waals surface area contributed by atoms with Crippen molar-refractivity contribution < 1.29 is 27.1 Å². The van der Waals surface area contributed by atoms with E-state index in [4.69, 9.17) is 4.74 Å². The topological polar surface area (TPSA) is 41.6 Å². The van der Waals surface area contributed by atoms with Gasteiger partial charge in [-0.25, -0.2) is 4.39 Å². The molecule has 4 rings (SSSR count). The summed E-state index contributed by atoms with van der Waals surface area (Å²) in [6.07, 6.45) is -2.32. The van der Waals surface area contributed by atoms with Gasteiger partial charge >= 0.3 is 6.18 Å². The maximum atomic E-state index is 14.4. The quantitative estimate of drug-likeness (QED) is 0.683. The Morgan fingerprint density at radius 1 is 1.13 bits per heavy atom. The molecule has 0 radical (unpaired) electrons. The zero-order valence-corrected chi connectivity index (χ0v) is 16.2. The molecule has 1 saturated heterocycles. The largest absolute Gasteiger partial charge is 0.489 e. The third-order valence-electron chi connectivity index (χ3n) is 5.33. The fraction of sp³-hybridized carbons (Fsp3) is 0.409. The van der Waals surface area contributed by atoms with Crippen molar-refractivity contribution in [2.45, 2.75) is 38.2 Å². The Kier molecular flexibility index (Phi) is 5.69. The summed E-state index contributed by atoms with van der Waals surface area (Å²) < 4.78 is 58.2. The predicted octanol–water partition coefficient (Wildman–Crippen LogP) is 4.13. The molecule has 1 aliphatic heterocycles. The van der Waals surface area contributed by atoms with Crippen LogP contribution in [0.5, 0.6) is 5.75 Å². The van der Waals surface area contributed by atoms with Gasteiger partial charge in [0.25, 0.3) is 0 Å². The van der Waals surface area contributed by atoms with Crippen LogP contribution in [0.3, 0.4) is 0 Å². The molecule has 2 aromatic carbocycles. The summed E-state index contributed by atoms with van der Waals surface area (Å²) in [5, 5.41) is 2.98. The van der Waals surface area contributed by atoms with E-state index in [9.17, 15) is 22.4 Å². The number of hydrogen-bond acceptors (Lipinski definition) is 3. The fourth-order valence-electron chi connectivity index (χ4n) is 3.40. The van der Waals surface area contributed by atoms with Gasteiger partial charge in [-0.3, -0.25) is 9.69 Å². The first-order valence-corrected chi connectivity index (χ1v) is 9.88. The van der Waals surface area contributed by atoms with E-state index in [1.165, 1.54) is 18.2 Å². The monoisotopic (exact) mass is 422 g/mol. The van der Waals surface area contributed by atoms with Crippen molar-refractivity contribution in [1.82, 2.24) is 10.2 Å². The third kappa shape index (κ3) is 5.11. The van der Waals surface area contributed by atoms with Crippen LogP contribution in [-0.4, -0.2) is 29.9 Å². The Bertz CT molecular complexity index is 922. The first kappa shape index (κ1) is 20.7. The van der Waals surface area contributed by atoms with Gasteiger partial charge in [-0.05, 0) is 36.6 Å². The van der Waals surface area contributed by atoms with Crippen molar-refractivity contribution in [1.29, 1.82) is 0 Å². The number of alkyl halides is 3. The highest BCUT2D eigenvalue weighted by Crippen LogP contribution is 2.30. The number of likely N-dealkylation sites (tertiary alicyclic amines) is 1. The average Bonchev–Trinajstić information content (AvgIpc) is 3.47. The Labute approximate surface area is 171 Å². The maximum absolute atomic E-state index is 14.4. The molecule has 30 heavy (non-hydrogen) atoms. The maximum Gasteiger partial charge on any atom is 0.416 e. The minimum Gasteiger partial charge on any atom is -0.489 e. The molecule has 1 amide bonds. The zero-order chi connectivity index (χ0) is 21.3. The molecule has 2 aromatic rings. The summed E-state index contributed by atoms with van der Waals surface area (Å²) in [5.74, 6) is -0.155. The first-order chi connectivity index (χ1) is 14.3. The fourth-order valence-corrected chi connectivity index (χ4v) is 3.40. The predicted molar refractivity (Wildman–Crippen MR) is 102 cm³/mol. The van der Waals surface area contributed by atoms with Gasteiger partial charge in [-0.15, -0.1) is 0 Å². The number of nitrogens with one attached hydrogen (secondary N) is 1. The zero-order valence-electron chi connectivity index (χ0n) is 16.2. The highest BCUT2D eigenvalue weighted by Gasteiger charge is 2.35. The van der Waals surface area contributed by atoms with E-state index in [0.717, 1.165) is 25.0 Å². The lowest BCUT2D eigenvalue weighted by atomic mass is 9.98. The van der Waals surface area contributed by atoms with Gasteiger partial charge in [-0.2, -0.15) is 13.2 Å². The summed E-state index contributed by atoms with van der Waals surface area (Å²) in [5.41, 5.74) is 0.0941. The molecule has 4 nitrogen and oxygen atoms in total. The molecular formula is C22H22F4N2O2. The SMILES string of the molecule is O=C(NC1CC1)C1CN(Cc2ccc(OCc3cccc(C(F)(F)F)c3)cc2F)C1. The van der Waals surface area contributed by atoms with Crippen molar-refractivity contribution >= 4 is 5.91 Å². The van der Waals surface area contributed by atoms with Gasteiger partial charge < -0.3 is 10.1 Å². The van der Waals surface area contributed by atoms with Gasteiger partial charge in [0.05, 0.1) is 11.5 Å². The van der Waals surface area contributed by atoms with Crippen LogP contribution in [0.15, 0.2) is 42.5 Å². The van der Waals surface area contributed by atoms with E-state index in [2.05, 4.69) is 5.32 Å². The van der Waals surface area contributed by atoms with Gasteiger partial charge in [0, 0.05) is 37.3 Å². The van der Waals surface area contributed by atoms with Crippen LogP contribution >= 0.6 is 0 Å². The lowest BCUT2D eigenvalue weighted by molar-refractivity contribution is -0.137. The lowest BCUT2D eigenvalue weighted by Crippen LogP contribution is -2.53. The van der Waals surface area contributed by atoms with Crippen LogP contribution in [0, 0.1) is 11.7 Å². The molecule has 0 spiro atoms. The van der Waals surface area contributed by atoms with Crippen molar-refractivity contribution in [3.63, 3.8) is 0 Å². The summed E-state index contributed by atoms with van der Waals surface area (Å²) in [4.78, 5) is 14.0. The lowest BCUT2D eigenvalue weighted by Gasteiger charge is -2.38. The van der Waals surface area contributed by atoms with Gasteiger partial charge in [0.1, 0.15) is 18.2 Å². The van der Waals surface area contributed by atoms with E-state index in [0.29, 0.717) is 36.8 Å². The average molecular weight is 422 g/mol. The molecule has 8 heteroatoms. The first-order valence-electron chi connectivity index (χ1n) is 9.88. The molecular weight excluding hydrogens is 400 g/mol. The molecule has 160 valence electrons. The van der Waals surface area contributed by atoms with Crippen LogP contribution in [0.1, 0.15) is 29.5 Å². The van der Waals surface area contributed by atoms with Crippen LogP contribution in [-0.2, 0) is 24.1 Å². The normalized spacial score (nSPS) is 17.5. The number of halogens is 4. The summed E-state index contributed by atoms with van der Waals surface area (Å²) in [7, 11) is 0. The number of amides is 1. The van der Waals surface area contributed by atoms with Crippen LogP contribution in [0.25, 0.3) is 0 Å². The molecule has 1 saturated carbocycles. The Balaban J connectivity index is 1.28. The molecule has 1 heterocycles. The molecule has 0 aromatic heterocycles. The second-order valence-electron chi connectivity index (χ2n) is 7.91. The van der Waals surface area contributed by atoms with E-state index in [1.807, 2.05) is 4.90 Å². The van der Waals surface area contributed by atoms with Crippen LogP contribution in [0.4, 0.5) is 17.6 Å². The molecule has 2 aliphatic rings. The molecule has 0 unspecified atom stereocenters. The number of ether oxygens (including phenoxy) is 1. The molecule has 2 fully saturated rings. The summed E-state index contributed by atoms with van der Waals surface area (Å²) in [6, 6.07) is 9.64. The number of carbonyl (C=O) groups is 1. The van der Waals surface area contributed by atoms with Crippen molar-refractivity contribution in [3.8, 4) is 5.75 Å². The Morgan fingerprint density at radius 2 is 1.90 bits per heavy atom. The van der Waals surface area contributed by atoms with E-state index >= 15 is 0 Å². The van der Waals surface area contributed by atoms with Crippen molar-refractivity contribution in [2.24, 2.45) is 5.92 Å². The smallest absolute Gasteiger partial charge is 0.416 e. The van der Waals surface area contributed by atoms with E-state index in [1.54, 1.807) is 12.1 Å². The van der Waals surface area contributed by atoms with Crippen molar-refractivity contribution in [3.05, 3.63) is 65.0 Å².